The van der Waals surface area contributed by atoms with Crippen LogP contribution >= 0.6 is 0 Å². The Morgan fingerprint density at radius 1 is 1.31 bits per heavy atom. The molecule has 2 N–H and O–H groups in total. The molecule has 2 aromatic heterocycles. The molecule has 1 aliphatic heterocycles. The van der Waals surface area contributed by atoms with Gasteiger partial charge in [0.1, 0.15) is 29.5 Å². The van der Waals surface area contributed by atoms with Crippen molar-refractivity contribution < 1.29 is 31.2 Å². The first-order chi connectivity index (χ1) is 16.4. The monoisotopic (exact) mass is 448 g/mol. The summed E-state index contributed by atoms with van der Waals surface area (Å²) in [7, 11) is 0. The van der Waals surface area contributed by atoms with Crippen molar-refractivity contribution >= 4 is 28.3 Å². The Morgan fingerprint density at radius 2 is 2.12 bits per heavy atom. The van der Waals surface area contributed by atoms with E-state index in [0.717, 1.165) is 30.3 Å². The van der Waals surface area contributed by atoms with Gasteiger partial charge in [-0.05, 0) is 18.2 Å². The molecule has 0 saturated carbocycles. The van der Waals surface area contributed by atoms with E-state index in [0.29, 0.717) is 10.4 Å². The number of nitrogens with two attached hydrogens (primary N) is 1. The number of anilines is 1. The molecule has 3 heterocycles. The minimum absolute atomic E-state index is 0.0649. The number of benzene rings is 2. The van der Waals surface area contributed by atoms with Gasteiger partial charge in [0, 0.05) is 22.7 Å². The van der Waals surface area contributed by atoms with Crippen LogP contribution in [0.3, 0.4) is 0 Å². The molecular formula is C21H15F4N5O2. The van der Waals surface area contributed by atoms with Crippen molar-refractivity contribution in [3.63, 3.8) is 0 Å². The third-order valence-electron chi connectivity index (χ3n) is 5.32. The first kappa shape index (κ1) is 16.8. The number of hydrogen-bond donors (Lipinski definition) is 1. The van der Waals surface area contributed by atoms with Gasteiger partial charge >= 0.3 is 6.18 Å². The van der Waals surface area contributed by atoms with Crippen LogP contribution in [0.25, 0.3) is 16.6 Å². The molecule has 2 aromatic carbocycles. The van der Waals surface area contributed by atoms with Gasteiger partial charge in [0.25, 0.3) is 5.91 Å². The van der Waals surface area contributed by atoms with Crippen LogP contribution in [0.4, 0.5) is 23.4 Å². The summed E-state index contributed by atoms with van der Waals surface area (Å²) in [5, 5.41) is 0. The van der Waals surface area contributed by atoms with E-state index in [1.54, 1.807) is 0 Å². The number of halogens is 4. The molecular weight excluding hydrogens is 430 g/mol. The number of nitrogens with zero attached hydrogens (tertiary/aromatic N) is 4. The standard InChI is InChI=1S/C21H15F4N5O2/c1-29(17-8-32-18-4-10(21(23,24)25)2-3-11(17)18)20(31)12-5-15-14(6-13(12)22)28-19(26)16-7-27-9-30(15)16/h2-7,9,17H,8H2,1H3,(H2,26,28)/i1D3. The van der Waals surface area contributed by atoms with Gasteiger partial charge in [0.2, 0.25) is 0 Å². The SMILES string of the molecule is [2H]C([2H])([2H])N(C(=O)c1cc2c(cc1F)nc(N)c1cncn12)C1COc2cc(C(F)(F)F)ccc21. The molecule has 164 valence electrons. The number of alkyl halides is 3. The van der Waals surface area contributed by atoms with Crippen LogP contribution < -0.4 is 10.5 Å². The second-order valence-corrected chi connectivity index (χ2v) is 7.22. The molecule has 1 unspecified atom stereocenters. The fourth-order valence-electron chi connectivity index (χ4n) is 3.72. The molecule has 11 heteroatoms. The highest BCUT2D eigenvalue weighted by atomic mass is 19.4. The number of carbonyl (C=O) groups excluding carboxylic acids is 1. The predicted molar refractivity (Wildman–Crippen MR) is 107 cm³/mol. The zero-order valence-electron chi connectivity index (χ0n) is 19.0. The molecule has 1 aliphatic rings. The molecule has 0 saturated heterocycles. The van der Waals surface area contributed by atoms with Crippen molar-refractivity contribution in [1.29, 1.82) is 0 Å². The summed E-state index contributed by atoms with van der Waals surface area (Å²) < 4.78 is 84.8. The van der Waals surface area contributed by atoms with Gasteiger partial charge in [-0.2, -0.15) is 13.2 Å². The van der Waals surface area contributed by atoms with Crippen LogP contribution in [-0.4, -0.2) is 38.8 Å². The van der Waals surface area contributed by atoms with Crippen LogP contribution in [0.1, 0.15) is 31.6 Å². The molecule has 1 atom stereocenters. The summed E-state index contributed by atoms with van der Waals surface area (Å²) in [6.45, 7) is -3.49. The number of amides is 1. The zero-order valence-corrected chi connectivity index (χ0v) is 16.0. The molecule has 0 aliphatic carbocycles. The Hall–Kier alpha value is -3.89. The highest BCUT2D eigenvalue weighted by Crippen LogP contribution is 2.40. The first-order valence-corrected chi connectivity index (χ1v) is 9.24. The largest absolute Gasteiger partial charge is 0.491 e. The maximum Gasteiger partial charge on any atom is 0.416 e. The van der Waals surface area contributed by atoms with Crippen molar-refractivity contribution in [2.24, 2.45) is 0 Å². The van der Waals surface area contributed by atoms with Crippen LogP contribution in [0, 0.1) is 5.82 Å². The lowest BCUT2D eigenvalue weighted by Crippen LogP contribution is -2.32. The first-order valence-electron chi connectivity index (χ1n) is 10.7. The molecule has 0 bridgehead atoms. The minimum atomic E-state index is -4.64. The van der Waals surface area contributed by atoms with Crippen LogP contribution in [0.15, 0.2) is 42.9 Å². The Balaban J connectivity index is 1.62. The van der Waals surface area contributed by atoms with Crippen LogP contribution in [0.5, 0.6) is 5.75 Å². The van der Waals surface area contributed by atoms with E-state index in [1.807, 2.05) is 0 Å². The second kappa shape index (κ2) is 6.81. The van der Waals surface area contributed by atoms with Gasteiger partial charge in [0.15, 0.2) is 0 Å². The van der Waals surface area contributed by atoms with Gasteiger partial charge in [-0.3, -0.25) is 9.20 Å². The summed E-state index contributed by atoms with van der Waals surface area (Å²) in [5.41, 5.74) is 5.12. The number of rotatable bonds is 2. The van der Waals surface area contributed by atoms with Gasteiger partial charge in [-0.25, -0.2) is 14.4 Å². The number of aromatic nitrogens is 3. The Bertz CT molecular complexity index is 1500. The lowest BCUT2D eigenvalue weighted by molar-refractivity contribution is -0.137. The predicted octanol–water partition coefficient (Wildman–Crippen LogP) is 3.83. The Kier molecular flexibility index (Phi) is 3.56. The van der Waals surface area contributed by atoms with Crippen molar-refractivity contribution in [3.05, 3.63) is 65.4 Å². The topological polar surface area (TPSA) is 85.8 Å². The summed E-state index contributed by atoms with van der Waals surface area (Å²) in [4.78, 5) is 21.9. The average Bonchev–Trinajstić information content (AvgIpc) is 3.40. The van der Waals surface area contributed by atoms with E-state index in [9.17, 15) is 18.0 Å². The van der Waals surface area contributed by atoms with Crippen molar-refractivity contribution in [2.45, 2.75) is 12.2 Å². The van der Waals surface area contributed by atoms with Gasteiger partial charge in [-0.15, -0.1) is 0 Å². The number of fused-ring (bicyclic) bond motifs is 4. The number of hydrogen-bond acceptors (Lipinski definition) is 5. The normalized spacial score (nSPS) is 17.5. The number of nitrogen functional groups attached to an aromatic ring is 1. The quantitative estimate of drug-likeness (QED) is 0.471. The lowest BCUT2D eigenvalue weighted by atomic mass is 10.0. The number of ether oxygens (including phenoxy) is 1. The van der Waals surface area contributed by atoms with E-state index in [-0.39, 0.29) is 28.2 Å². The molecule has 7 nitrogen and oxygen atoms in total. The van der Waals surface area contributed by atoms with Crippen LogP contribution in [-0.2, 0) is 6.18 Å². The minimum Gasteiger partial charge on any atom is -0.491 e. The van der Waals surface area contributed by atoms with Crippen molar-refractivity contribution in [3.8, 4) is 5.75 Å². The van der Waals surface area contributed by atoms with Gasteiger partial charge in [0.05, 0.1) is 40.7 Å². The summed E-state index contributed by atoms with van der Waals surface area (Å²) in [5.74, 6) is -2.37. The van der Waals surface area contributed by atoms with Crippen molar-refractivity contribution in [2.75, 3.05) is 19.3 Å². The average molecular weight is 448 g/mol. The molecule has 4 aromatic rings. The number of likely N-dealkylation sites (N-methyl/N-ethyl adjacent to an activating group) is 1. The second-order valence-electron chi connectivity index (χ2n) is 7.22. The molecule has 5 rings (SSSR count). The number of imidazole rings is 1. The van der Waals surface area contributed by atoms with Crippen LogP contribution in [0.2, 0.25) is 0 Å². The highest BCUT2D eigenvalue weighted by Gasteiger charge is 2.36. The molecule has 0 fully saturated rings. The fraction of sp³-hybridized carbons (Fsp3) is 0.190. The van der Waals surface area contributed by atoms with E-state index >= 15 is 4.39 Å². The summed E-state index contributed by atoms with van der Waals surface area (Å²) in [6, 6.07) is 3.37. The van der Waals surface area contributed by atoms with Gasteiger partial charge in [-0.1, -0.05) is 6.07 Å². The fourth-order valence-corrected chi connectivity index (χ4v) is 3.72. The molecule has 32 heavy (non-hydrogen) atoms. The Labute approximate surface area is 182 Å². The van der Waals surface area contributed by atoms with E-state index in [1.165, 1.54) is 16.9 Å². The Morgan fingerprint density at radius 3 is 2.88 bits per heavy atom. The smallest absolute Gasteiger partial charge is 0.416 e. The van der Waals surface area contributed by atoms with E-state index in [2.05, 4.69) is 9.97 Å². The maximum absolute atomic E-state index is 15.1. The third kappa shape index (κ3) is 3.00. The highest BCUT2D eigenvalue weighted by molar-refractivity contribution is 5.98. The molecule has 0 radical (unpaired) electrons. The van der Waals surface area contributed by atoms with Gasteiger partial charge < -0.3 is 15.4 Å². The van der Waals surface area contributed by atoms with E-state index in [4.69, 9.17) is 14.6 Å². The molecule has 0 spiro atoms. The third-order valence-corrected chi connectivity index (χ3v) is 5.32. The number of carbonyl (C=O) groups is 1. The maximum atomic E-state index is 15.1. The molecule has 1 amide bonds. The van der Waals surface area contributed by atoms with E-state index < -0.39 is 48.7 Å². The lowest BCUT2D eigenvalue weighted by Gasteiger charge is -2.24. The summed E-state index contributed by atoms with van der Waals surface area (Å²) in [6.07, 6.45) is -1.84. The zero-order chi connectivity index (χ0) is 25.3. The van der Waals surface area contributed by atoms with Crippen molar-refractivity contribution in [1.82, 2.24) is 19.3 Å². The summed E-state index contributed by atoms with van der Waals surface area (Å²) >= 11 is 0.